The van der Waals surface area contributed by atoms with Gasteiger partial charge in [-0.1, -0.05) is 48.5 Å². The number of anilines is 4. The van der Waals surface area contributed by atoms with Gasteiger partial charge in [-0.15, -0.1) is 0 Å². The lowest BCUT2D eigenvalue weighted by Gasteiger charge is -2.20. The standard InChI is InChI=1S/C25H22N4O/c1-18(30)19-13-15-21(16-14-19)26-25-27-23(20-9-5-3-6-10-20)17-24(28-25)29(2)22-11-7-4-8-12-22/h3-17H,1-2H3,(H,26,27,28). The molecule has 1 heterocycles. The molecule has 1 aromatic heterocycles. The second-order valence-corrected chi connectivity index (χ2v) is 6.95. The minimum atomic E-state index is 0.0376. The van der Waals surface area contributed by atoms with E-state index >= 15 is 0 Å². The van der Waals surface area contributed by atoms with Crippen molar-refractivity contribution >= 4 is 28.9 Å². The molecule has 0 atom stereocenters. The van der Waals surface area contributed by atoms with Gasteiger partial charge in [0.1, 0.15) is 5.82 Å². The number of rotatable bonds is 6. The number of ketones is 1. The van der Waals surface area contributed by atoms with Crippen molar-refractivity contribution in [3.05, 3.63) is 96.6 Å². The molecule has 0 saturated carbocycles. The lowest BCUT2D eigenvalue weighted by Crippen LogP contribution is -2.13. The van der Waals surface area contributed by atoms with Crippen LogP contribution in [0.15, 0.2) is 91.0 Å². The first-order valence-corrected chi connectivity index (χ1v) is 9.71. The molecule has 3 aromatic carbocycles. The lowest BCUT2D eigenvalue weighted by atomic mass is 10.1. The molecule has 0 fully saturated rings. The fraction of sp³-hybridized carbons (Fsp3) is 0.0800. The second-order valence-electron chi connectivity index (χ2n) is 6.95. The number of Topliss-reactive ketones (excluding diaryl/α,β-unsaturated/α-hetero) is 1. The first-order chi connectivity index (χ1) is 14.6. The number of aromatic nitrogens is 2. The summed E-state index contributed by atoms with van der Waals surface area (Å²) in [6.07, 6.45) is 0. The lowest BCUT2D eigenvalue weighted by molar-refractivity contribution is 0.101. The van der Waals surface area contributed by atoms with E-state index in [2.05, 4.69) is 5.32 Å². The number of hydrogen-bond donors (Lipinski definition) is 1. The Kier molecular flexibility index (Phi) is 5.52. The van der Waals surface area contributed by atoms with Crippen molar-refractivity contribution in [3.63, 3.8) is 0 Å². The summed E-state index contributed by atoms with van der Waals surface area (Å²) in [7, 11) is 1.98. The Hall–Kier alpha value is -3.99. The van der Waals surface area contributed by atoms with Crippen LogP contribution in [0, 0.1) is 0 Å². The average molecular weight is 394 g/mol. The van der Waals surface area contributed by atoms with Gasteiger partial charge in [0.05, 0.1) is 5.69 Å². The van der Waals surface area contributed by atoms with Crippen LogP contribution in [0.5, 0.6) is 0 Å². The predicted molar refractivity (Wildman–Crippen MR) is 122 cm³/mol. The fourth-order valence-electron chi connectivity index (χ4n) is 3.12. The van der Waals surface area contributed by atoms with Crippen LogP contribution in [0.25, 0.3) is 11.3 Å². The number of nitrogens with one attached hydrogen (secondary N) is 1. The van der Waals surface area contributed by atoms with Gasteiger partial charge in [0.25, 0.3) is 0 Å². The first-order valence-electron chi connectivity index (χ1n) is 9.71. The zero-order valence-corrected chi connectivity index (χ0v) is 16.9. The summed E-state index contributed by atoms with van der Waals surface area (Å²) in [5.41, 5.74) is 4.36. The van der Waals surface area contributed by atoms with Crippen LogP contribution < -0.4 is 10.2 Å². The van der Waals surface area contributed by atoms with E-state index in [1.807, 2.05) is 90.8 Å². The van der Waals surface area contributed by atoms with Crippen LogP contribution in [0.1, 0.15) is 17.3 Å². The van der Waals surface area contributed by atoms with Crippen LogP contribution in [0.2, 0.25) is 0 Å². The maximum atomic E-state index is 11.5. The van der Waals surface area contributed by atoms with Gasteiger partial charge < -0.3 is 10.2 Å². The Morgan fingerprint density at radius 3 is 2.10 bits per heavy atom. The van der Waals surface area contributed by atoms with Gasteiger partial charge in [-0.2, -0.15) is 4.98 Å². The van der Waals surface area contributed by atoms with Gasteiger partial charge in [0, 0.05) is 35.6 Å². The van der Waals surface area contributed by atoms with Crippen molar-refractivity contribution in [2.24, 2.45) is 0 Å². The van der Waals surface area contributed by atoms with Gasteiger partial charge in [-0.05, 0) is 43.3 Å². The van der Waals surface area contributed by atoms with E-state index in [9.17, 15) is 4.79 Å². The van der Waals surface area contributed by atoms with Crippen LogP contribution in [0.4, 0.5) is 23.1 Å². The van der Waals surface area contributed by atoms with E-state index in [0.717, 1.165) is 28.5 Å². The molecular formula is C25H22N4O. The Balaban J connectivity index is 1.72. The molecule has 1 N–H and O–H groups in total. The maximum absolute atomic E-state index is 11.5. The Morgan fingerprint density at radius 2 is 1.47 bits per heavy atom. The number of hydrogen-bond acceptors (Lipinski definition) is 5. The monoisotopic (exact) mass is 394 g/mol. The smallest absolute Gasteiger partial charge is 0.229 e. The van der Waals surface area contributed by atoms with E-state index < -0.39 is 0 Å². The second kappa shape index (κ2) is 8.57. The third-order valence-corrected chi connectivity index (χ3v) is 4.82. The van der Waals surface area contributed by atoms with Gasteiger partial charge in [-0.25, -0.2) is 4.98 Å². The van der Waals surface area contributed by atoms with Crippen LogP contribution >= 0.6 is 0 Å². The van der Waals surface area contributed by atoms with Crippen molar-refractivity contribution in [1.29, 1.82) is 0 Å². The van der Waals surface area contributed by atoms with E-state index in [-0.39, 0.29) is 5.78 Å². The highest BCUT2D eigenvalue weighted by molar-refractivity contribution is 5.94. The molecule has 30 heavy (non-hydrogen) atoms. The van der Waals surface area contributed by atoms with Crippen LogP contribution in [0.3, 0.4) is 0 Å². The third-order valence-electron chi connectivity index (χ3n) is 4.82. The summed E-state index contributed by atoms with van der Waals surface area (Å²) in [6.45, 7) is 1.56. The summed E-state index contributed by atoms with van der Waals surface area (Å²) in [4.78, 5) is 23.0. The summed E-state index contributed by atoms with van der Waals surface area (Å²) < 4.78 is 0. The highest BCUT2D eigenvalue weighted by Crippen LogP contribution is 2.28. The van der Waals surface area contributed by atoms with Gasteiger partial charge >= 0.3 is 0 Å². The van der Waals surface area contributed by atoms with E-state index in [0.29, 0.717) is 11.5 Å². The van der Waals surface area contributed by atoms with Gasteiger partial charge in [0.15, 0.2) is 5.78 Å². The maximum Gasteiger partial charge on any atom is 0.229 e. The SMILES string of the molecule is CC(=O)c1ccc(Nc2nc(-c3ccccc3)cc(N(C)c3ccccc3)n2)cc1. The number of benzene rings is 3. The number of carbonyl (C=O) groups excluding carboxylic acids is 1. The first kappa shape index (κ1) is 19.3. The molecule has 5 heteroatoms. The van der Waals surface area contributed by atoms with Crippen molar-refractivity contribution in [3.8, 4) is 11.3 Å². The molecule has 0 aliphatic carbocycles. The predicted octanol–water partition coefficient (Wildman–Crippen LogP) is 5.86. The molecule has 0 aliphatic heterocycles. The summed E-state index contributed by atoms with van der Waals surface area (Å²) in [5, 5.41) is 3.27. The molecule has 0 amide bonds. The van der Waals surface area contributed by atoms with Crippen LogP contribution in [-0.4, -0.2) is 22.8 Å². The molecule has 0 saturated heterocycles. The highest BCUT2D eigenvalue weighted by atomic mass is 16.1. The molecule has 4 rings (SSSR count). The van der Waals surface area contributed by atoms with Crippen molar-refractivity contribution in [2.45, 2.75) is 6.92 Å². The minimum Gasteiger partial charge on any atom is -0.329 e. The van der Waals surface area contributed by atoms with E-state index in [1.165, 1.54) is 0 Å². The fourth-order valence-corrected chi connectivity index (χ4v) is 3.12. The molecule has 4 aromatic rings. The molecule has 0 unspecified atom stereocenters. The molecule has 5 nitrogen and oxygen atoms in total. The normalized spacial score (nSPS) is 10.5. The minimum absolute atomic E-state index is 0.0376. The van der Waals surface area contributed by atoms with Gasteiger partial charge in [0.2, 0.25) is 5.95 Å². The van der Waals surface area contributed by atoms with Crippen molar-refractivity contribution in [2.75, 3.05) is 17.3 Å². The zero-order chi connectivity index (χ0) is 20.9. The average Bonchev–Trinajstić information content (AvgIpc) is 2.80. The molecule has 148 valence electrons. The molecule has 0 aliphatic rings. The summed E-state index contributed by atoms with van der Waals surface area (Å²) >= 11 is 0. The summed E-state index contributed by atoms with van der Waals surface area (Å²) in [5.74, 6) is 1.30. The molecule has 0 radical (unpaired) electrons. The number of nitrogens with zero attached hydrogens (tertiary/aromatic N) is 3. The molecule has 0 bridgehead atoms. The quantitative estimate of drug-likeness (QED) is 0.415. The Labute approximate surface area is 176 Å². The van der Waals surface area contributed by atoms with Gasteiger partial charge in [-0.3, -0.25) is 4.79 Å². The highest BCUT2D eigenvalue weighted by Gasteiger charge is 2.12. The number of carbonyl (C=O) groups is 1. The van der Waals surface area contributed by atoms with E-state index in [4.69, 9.17) is 9.97 Å². The Bertz CT molecular complexity index is 1140. The Morgan fingerprint density at radius 1 is 0.833 bits per heavy atom. The largest absolute Gasteiger partial charge is 0.329 e. The molecule has 0 spiro atoms. The topological polar surface area (TPSA) is 58.1 Å². The molecular weight excluding hydrogens is 372 g/mol. The third kappa shape index (κ3) is 4.36. The summed E-state index contributed by atoms with van der Waals surface area (Å²) in [6, 6.07) is 29.4. The van der Waals surface area contributed by atoms with Crippen LogP contribution in [-0.2, 0) is 0 Å². The zero-order valence-electron chi connectivity index (χ0n) is 16.9. The van der Waals surface area contributed by atoms with E-state index in [1.54, 1.807) is 19.1 Å². The van der Waals surface area contributed by atoms with Crippen molar-refractivity contribution < 1.29 is 4.79 Å². The van der Waals surface area contributed by atoms with Crippen molar-refractivity contribution in [1.82, 2.24) is 9.97 Å². The number of para-hydroxylation sites is 1.